The van der Waals surface area contributed by atoms with Gasteiger partial charge in [-0.25, -0.2) is 0 Å². The fraction of sp³-hybridized carbons (Fsp3) is 0.600. The molecule has 3 heteroatoms. The lowest BCUT2D eigenvalue weighted by atomic mass is 10.1. The molecule has 1 aromatic carbocycles. The highest BCUT2D eigenvalue weighted by atomic mass is 79.9. The van der Waals surface area contributed by atoms with Gasteiger partial charge in [0.25, 0.3) is 0 Å². The van der Waals surface area contributed by atoms with E-state index in [1.807, 2.05) is 0 Å². The fourth-order valence-corrected chi connectivity index (χ4v) is 2.60. The number of rotatable bonds is 7. The van der Waals surface area contributed by atoms with E-state index in [-0.39, 0.29) is 0 Å². The number of halogens is 1. The third-order valence-corrected chi connectivity index (χ3v) is 3.84. The van der Waals surface area contributed by atoms with E-state index in [4.69, 9.17) is 5.73 Å². The van der Waals surface area contributed by atoms with Crippen LogP contribution in [0.2, 0.25) is 0 Å². The summed E-state index contributed by atoms with van der Waals surface area (Å²) in [4.78, 5) is 2.49. The van der Waals surface area contributed by atoms with E-state index in [1.54, 1.807) is 0 Å². The van der Waals surface area contributed by atoms with Crippen molar-refractivity contribution in [1.29, 1.82) is 0 Å². The second kappa shape index (κ2) is 7.80. The van der Waals surface area contributed by atoms with Crippen LogP contribution in [0, 0.1) is 0 Å². The number of anilines is 1. The summed E-state index contributed by atoms with van der Waals surface area (Å²) >= 11 is 3.58. The Morgan fingerprint density at radius 1 is 1.28 bits per heavy atom. The molecule has 1 unspecified atom stereocenters. The lowest BCUT2D eigenvalue weighted by Gasteiger charge is -2.31. The predicted octanol–water partition coefficient (Wildman–Crippen LogP) is 4.31. The fourth-order valence-electron chi connectivity index (χ4n) is 2.07. The van der Waals surface area contributed by atoms with E-state index in [0.717, 1.165) is 17.4 Å². The smallest absolute Gasteiger partial charge is 0.0383 e. The number of unbranched alkanes of at least 4 members (excludes halogenated alkanes) is 1. The van der Waals surface area contributed by atoms with Crippen molar-refractivity contribution in [2.45, 2.75) is 52.6 Å². The molecule has 0 aliphatic rings. The van der Waals surface area contributed by atoms with Crippen LogP contribution in [-0.2, 0) is 6.54 Å². The molecule has 0 amide bonds. The SMILES string of the molecule is CCCCN(c1cc(Br)cc(CN)c1)C(C)CC. The number of nitrogens with zero attached hydrogens (tertiary/aromatic N) is 1. The number of hydrogen-bond acceptors (Lipinski definition) is 2. The zero-order valence-corrected chi connectivity index (χ0v) is 13.3. The third kappa shape index (κ3) is 4.29. The zero-order valence-electron chi connectivity index (χ0n) is 11.7. The largest absolute Gasteiger partial charge is 0.369 e. The molecule has 1 aromatic rings. The molecule has 0 saturated carbocycles. The summed E-state index contributed by atoms with van der Waals surface area (Å²) in [6, 6.07) is 7.07. The van der Waals surface area contributed by atoms with Crippen molar-refractivity contribution in [2.24, 2.45) is 5.73 Å². The van der Waals surface area contributed by atoms with Crippen LogP contribution in [0.4, 0.5) is 5.69 Å². The van der Waals surface area contributed by atoms with Crippen LogP contribution in [0.1, 0.15) is 45.6 Å². The maximum atomic E-state index is 5.76. The van der Waals surface area contributed by atoms with Crippen LogP contribution < -0.4 is 10.6 Å². The van der Waals surface area contributed by atoms with Crippen LogP contribution in [-0.4, -0.2) is 12.6 Å². The van der Waals surface area contributed by atoms with Crippen molar-refractivity contribution in [3.63, 3.8) is 0 Å². The topological polar surface area (TPSA) is 29.3 Å². The summed E-state index contributed by atoms with van der Waals surface area (Å²) < 4.78 is 1.12. The Morgan fingerprint density at radius 3 is 2.56 bits per heavy atom. The molecule has 18 heavy (non-hydrogen) atoms. The highest BCUT2D eigenvalue weighted by Crippen LogP contribution is 2.25. The van der Waals surface area contributed by atoms with Gasteiger partial charge in [0.15, 0.2) is 0 Å². The summed E-state index contributed by atoms with van der Waals surface area (Å²) in [7, 11) is 0. The molecule has 0 heterocycles. The van der Waals surface area contributed by atoms with Crippen LogP contribution in [0.25, 0.3) is 0 Å². The van der Waals surface area contributed by atoms with Gasteiger partial charge in [0.05, 0.1) is 0 Å². The predicted molar refractivity (Wildman–Crippen MR) is 84.0 cm³/mol. The maximum absolute atomic E-state index is 5.76. The highest BCUT2D eigenvalue weighted by Gasteiger charge is 2.13. The summed E-state index contributed by atoms with van der Waals surface area (Å²) in [5.41, 5.74) is 8.23. The van der Waals surface area contributed by atoms with Crippen molar-refractivity contribution < 1.29 is 0 Å². The normalized spacial score (nSPS) is 12.5. The molecule has 2 N–H and O–H groups in total. The zero-order chi connectivity index (χ0) is 13.5. The van der Waals surface area contributed by atoms with E-state index in [2.05, 4.69) is 59.8 Å². The Bertz CT molecular complexity index is 366. The second-order valence-electron chi connectivity index (χ2n) is 4.83. The van der Waals surface area contributed by atoms with Gasteiger partial charge in [-0.1, -0.05) is 36.2 Å². The van der Waals surface area contributed by atoms with Crippen molar-refractivity contribution in [1.82, 2.24) is 0 Å². The summed E-state index contributed by atoms with van der Waals surface area (Å²) in [6.07, 6.45) is 3.62. The Balaban J connectivity index is 2.99. The summed E-state index contributed by atoms with van der Waals surface area (Å²) in [5.74, 6) is 0. The molecule has 0 aliphatic heterocycles. The first-order valence-electron chi connectivity index (χ1n) is 6.88. The standard InChI is InChI=1S/C15H25BrN2/c1-4-6-7-18(12(3)5-2)15-9-13(11-17)8-14(16)10-15/h8-10,12H,4-7,11,17H2,1-3H3. The van der Waals surface area contributed by atoms with Gasteiger partial charge in [-0.2, -0.15) is 0 Å². The first kappa shape index (κ1) is 15.5. The molecular formula is C15H25BrN2. The monoisotopic (exact) mass is 312 g/mol. The lowest BCUT2D eigenvalue weighted by molar-refractivity contribution is 0.595. The van der Waals surface area contributed by atoms with Crippen LogP contribution in [0.5, 0.6) is 0 Å². The van der Waals surface area contributed by atoms with Gasteiger partial charge in [-0.15, -0.1) is 0 Å². The number of benzene rings is 1. The molecule has 0 aliphatic carbocycles. The minimum absolute atomic E-state index is 0.566. The first-order valence-corrected chi connectivity index (χ1v) is 7.67. The molecule has 0 aromatic heterocycles. The second-order valence-corrected chi connectivity index (χ2v) is 5.74. The van der Waals surface area contributed by atoms with Gasteiger partial charge in [-0.05, 0) is 43.5 Å². The molecular weight excluding hydrogens is 288 g/mol. The molecule has 102 valence electrons. The molecule has 1 rings (SSSR count). The Hall–Kier alpha value is -0.540. The van der Waals surface area contributed by atoms with E-state index >= 15 is 0 Å². The van der Waals surface area contributed by atoms with Gasteiger partial charge >= 0.3 is 0 Å². The Labute approximate surface area is 120 Å². The summed E-state index contributed by atoms with van der Waals surface area (Å²) in [5, 5.41) is 0. The van der Waals surface area contributed by atoms with E-state index in [1.165, 1.54) is 24.1 Å². The molecule has 1 atom stereocenters. The summed E-state index contributed by atoms with van der Waals surface area (Å²) in [6.45, 7) is 8.48. The van der Waals surface area contributed by atoms with Gasteiger partial charge in [0.2, 0.25) is 0 Å². The van der Waals surface area contributed by atoms with Gasteiger partial charge < -0.3 is 10.6 Å². The van der Waals surface area contributed by atoms with Crippen molar-refractivity contribution >= 4 is 21.6 Å². The highest BCUT2D eigenvalue weighted by molar-refractivity contribution is 9.10. The lowest BCUT2D eigenvalue weighted by Crippen LogP contribution is -2.33. The Kier molecular flexibility index (Phi) is 6.72. The number of hydrogen-bond donors (Lipinski definition) is 1. The van der Waals surface area contributed by atoms with E-state index in [0.29, 0.717) is 12.6 Å². The van der Waals surface area contributed by atoms with E-state index < -0.39 is 0 Å². The molecule has 0 bridgehead atoms. The first-order chi connectivity index (χ1) is 8.62. The molecule has 0 saturated heterocycles. The van der Waals surface area contributed by atoms with Crippen molar-refractivity contribution in [3.8, 4) is 0 Å². The molecule has 2 nitrogen and oxygen atoms in total. The quantitative estimate of drug-likeness (QED) is 0.812. The Morgan fingerprint density at radius 2 is 2.00 bits per heavy atom. The van der Waals surface area contributed by atoms with E-state index in [9.17, 15) is 0 Å². The van der Waals surface area contributed by atoms with Gasteiger partial charge in [0, 0.05) is 29.3 Å². The van der Waals surface area contributed by atoms with Gasteiger partial charge in [-0.3, -0.25) is 0 Å². The third-order valence-electron chi connectivity index (χ3n) is 3.39. The molecule has 0 fully saturated rings. The average Bonchev–Trinajstić information content (AvgIpc) is 2.38. The molecule has 0 radical (unpaired) electrons. The van der Waals surface area contributed by atoms with Crippen molar-refractivity contribution in [3.05, 3.63) is 28.2 Å². The van der Waals surface area contributed by atoms with Crippen LogP contribution in [0.15, 0.2) is 22.7 Å². The average molecular weight is 313 g/mol. The number of nitrogens with two attached hydrogens (primary N) is 1. The van der Waals surface area contributed by atoms with Crippen LogP contribution >= 0.6 is 15.9 Å². The maximum Gasteiger partial charge on any atom is 0.0383 e. The van der Waals surface area contributed by atoms with Gasteiger partial charge in [0.1, 0.15) is 0 Å². The minimum atomic E-state index is 0.566. The van der Waals surface area contributed by atoms with Crippen LogP contribution in [0.3, 0.4) is 0 Å². The molecule has 0 spiro atoms. The minimum Gasteiger partial charge on any atom is -0.369 e. The van der Waals surface area contributed by atoms with Crippen molar-refractivity contribution in [2.75, 3.05) is 11.4 Å².